The van der Waals surface area contributed by atoms with Crippen LogP contribution >= 0.6 is 11.6 Å². The standard InChI is InChI=1S/C24H23ClO6/c1-29-22-13-17(10-11-21(22)30-15-16-6-3-2-4-7-16)23(20(27)14-26)31-24(28)18-8-5-9-19(25)12-18/h2-13,20,23,26-27H,14-15H2,1H3/t20-,23+/m1/s1. The number of hydrogen-bond donors (Lipinski definition) is 2. The van der Waals surface area contributed by atoms with E-state index in [1.165, 1.54) is 13.2 Å². The normalized spacial score (nSPS) is 12.6. The van der Waals surface area contributed by atoms with Gasteiger partial charge >= 0.3 is 5.97 Å². The molecule has 0 saturated carbocycles. The SMILES string of the molecule is COc1cc([C@H](OC(=O)c2cccc(Cl)c2)[C@H](O)CO)ccc1OCc1ccccc1. The van der Waals surface area contributed by atoms with Crippen LogP contribution in [0.2, 0.25) is 5.02 Å². The molecular formula is C24H23ClO6. The third-order valence-corrected chi connectivity index (χ3v) is 4.82. The minimum Gasteiger partial charge on any atom is -0.493 e. The van der Waals surface area contributed by atoms with Gasteiger partial charge in [-0.3, -0.25) is 0 Å². The Bertz CT molecular complexity index is 1010. The number of ether oxygens (including phenoxy) is 3. The Morgan fingerprint density at radius 2 is 1.77 bits per heavy atom. The molecule has 0 radical (unpaired) electrons. The molecule has 2 atom stereocenters. The summed E-state index contributed by atoms with van der Waals surface area (Å²) in [6.45, 7) is -0.245. The lowest BCUT2D eigenvalue weighted by Gasteiger charge is -2.23. The first kappa shape index (κ1) is 22.6. The number of carbonyl (C=O) groups excluding carboxylic acids is 1. The summed E-state index contributed by atoms with van der Waals surface area (Å²) in [6, 6.07) is 20.9. The molecule has 0 fully saturated rings. The van der Waals surface area contributed by atoms with Crippen molar-refractivity contribution < 1.29 is 29.2 Å². The molecule has 162 valence electrons. The first-order valence-corrected chi connectivity index (χ1v) is 9.99. The minimum atomic E-state index is -1.33. The second-order valence-corrected chi connectivity index (χ2v) is 7.21. The summed E-state index contributed by atoms with van der Waals surface area (Å²) in [4.78, 5) is 12.6. The van der Waals surface area contributed by atoms with E-state index < -0.39 is 24.8 Å². The molecule has 7 heteroatoms. The largest absolute Gasteiger partial charge is 0.493 e. The average Bonchev–Trinajstić information content (AvgIpc) is 2.81. The predicted molar refractivity (Wildman–Crippen MR) is 116 cm³/mol. The van der Waals surface area contributed by atoms with E-state index in [1.54, 1.807) is 36.4 Å². The molecule has 3 rings (SSSR count). The van der Waals surface area contributed by atoms with E-state index in [4.69, 9.17) is 25.8 Å². The molecule has 2 N–H and O–H groups in total. The third-order valence-electron chi connectivity index (χ3n) is 4.58. The number of carbonyl (C=O) groups is 1. The number of hydrogen-bond acceptors (Lipinski definition) is 6. The van der Waals surface area contributed by atoms with Crippen LogP contribution in [0.1, 0.15) is 27.6 Å². The van der Waals surface area contributed by atoms with Crippen LogP contribution in [-0.4, -0.2) is 36.0 Å². The highest BCUT2D eigenvalue weighted by Gasteiger charge is 2.27. The zero-order chi connectivity index (χ0) is 22.2. The maximum Gasteiger partial charge on any atom is 0.338 e. The quantitative estimate of drug-likeness (QED) is 0.483. The maximum atomic E-state index is 12.6. The van der Waals surface area contributed by atoms with Crippen LogP contribution in [-0.2, 0) is 11.3 Å². The van der Waals surface area contributed by atoms with Crippen LogP contribution in [0.5, 0.6) is 11.5 Å². The molecule has 0 aromatic heterocycles. The number of methoxy groups -OCH3 is 1. The minimum absolute atomic E-state index is 0.234. The van der Waals surface area contributed by atoms with E-state index in [9.17, 15) is 15.0 Å². The van der Waals surface area contributed by atoms with E-state index >= 15 is 0 Å². The second kappa shape index (κ2) is 10.8. The van der Waals surface area contributed by atoms with E-state index in [1.807, 2.05) is 30.3 Å². The smallest absolute Gasteiger partial charge is 0.338 e. The van der Waals surface area contributed by atoms with E-state index in [0.717, 1.165) is 5.56 Å². The summed E-state index contributed by atoms with van der Waals surface area (Å²) >= 11 is 5.94. The van der Waals surface area contributed by atoms with Crippen LogP contribution in [0.15, 0.2) is 72.8 Å². The van der Waals surface area contributed by atoms with Gasteiger partial charge in [-0.1, -0.05) is 54.1 Å². The van der Waals surface area contributed by atoms with Gasteiger partial charge in [-0.25, -0.2) is 4.79 Å². The van der Waals surface area contributed by atoms with Gasteiger partial charge in [0.25, 0.3) is 0 Å². The second-order valence-electron chi connectivity index (χ2n) is 6.77. The molecular weight excluding hydrogens is 420 g/mol. The van der Waals surface area contributed by atoms with Gasteiger partial charge in [0, 0.05) is 5.02 Å². The molecule has 31 heavy (non-hydrogen) atoms. The van der Waals surface area contributed by atoms with E-state index in [0.29, 0.717) is 28.7 Å². The van der Waals surface area contributed by atoms with Gasteiger partial charge in [0.1, 0.15) is 12.7 Å². The fourth-order valence-electron chi connectivity index (χ4n) is 2.98. The first-order valence-electron chi connectivity index (χ1n) is 9.62. The zero-order valence-electron chi connectivity index (χ0n) is 16.9. The first-order chi connectivity index (χ1) is 15.0. The van der Waals surface area contributed by atoms with Gasteiger partial charge < -0.3 is 24.4 Å². The number of aliphatic hydroxyl groups excluding tert-OH is 2. The van der Waals surface area contributed by atoms with Crippen molar-refractivity contribution in [2.24, 2.45) is 0 Å². The van der Waals surface area contributed by atoms with Gasteiger partial charge in [-0.2, -0.15) is 0 Å². The molecule has 0 aliphatic rings. The maximum absolute atomic E-state index is 12.6. The van der Waals surface area contributed by atoms with Crippen molar-refractivity contribution in [1.29, 1.82) is 0 Å². The van der Waals surface area contributed by atoms with Crippen molar-refractivity contribution in [1.82, 2.24) is 0 Å². The van der Waals surface area contributed by atoms with E-state index in [-0.39, 0.29) is 5.56 Å². The van der Waals surface area contributed by atoms with Crippen molar-refractivity contribution in [3.63, 3.8) is 0 Å². The van der Waals surface area contributed by atoms with Crippen LogP contribution < -0.4 is 9.47 Å². The van der Waals surface area contributed by atoms with Crippen LogP contribution in [0, 0.1) is 0 Å². The summed E-state index contributed by atoms with van der Waals surface area (Å²) in [6.07, 6.45) is -2.45. The Morgan fingerprint density at radius 1 is 1.00 bits per heavy atom. The summed E-state index contributed by atoms with van der Waals surface area (Å²) in [5.74, 6) is 0.222. The Kier molecular flexibility index (Phi) is 7.89. The molecule has 0 spiro atoms. The van der Waals surface area contributed by atoms with Crippen LogP contribution in [0.3, 0.4) is 0 Å². The monoisotopic (exact) mass is 442 g/mol. The third kappa shape index (κ3) is 5.98. The van der Waals surface area contributed by atoms with Crippen molar-refractivity contribution >= 4 is 17.6 Å². The van der Waals surface area contributed by atoms with Crippen molar-refractivity contribution in [2.75, 3.05) is 13.7 Å². The number of rotatable bonds is 9. The topological polar surface area (TPSA) is 85.2 Å². The molecule has 0 heterocycles. The molecule has 0 unspecified atom stereocenters. The van der Waals surface area contributed by atoms with E-state index in [2.05, 4.69) is 0 Å². The molecule has 0 amide bonds. The summed E-state index contributed by atoms with van der Waals surface area (Å²) < 4.78 is 16.8. The Hall–Kier alpha value is -3.06. The summed E-state index contributed by atoms with van der Waals surface area (Å²) in [5.41, 5.74) is 1.68. The summed E-state index contributed by atoms with van der Waals surface area (Å²) in [5, 5.41) is 20.1. The molecule has 6 nitrogen and oxygen atoms in total. The van der Waals surface area contributed by atoms with Gasteiger partial charge in [0.05, 0.1) is 19.3 Å². The Morgan fingerprint density at radius 3 is 2.45 bits per heavy atom. The predicted octanol–water partition coefficient (Wildman–Crippen LogP) is 4.18. The molecule has 0 saturated heterocycles. The highest BCUT2D eigenvalue weighted by molar-refractivity contribution is 6.30. The molecule has 3 aromatic rings. The van der Waals surface area contributed by atoms with Crippen LogP contribution in [0.25, 0.3) is 0 Å². The molecule has 0 aliphatic heterocycles. The van der Waals surface area contributed by atoms with Crippen molar-refractivity contribution in [2.45, 2.75) is 18.8 Å². The van der Waals surface area contributed by atoms with Gasteiger partial charge in [-0.15, -0.1) is 0 Å². The number of halogens is 1. The van der Waals surface area contributed by atoms with Gasteiger partial charge in [0.2, 0.25) is 0 Å². The van der Waals surface area contributed by atoms with Crippen molar-refractivity contribution in [3.05, 3.63) is 94.5 Å². The fraction of sp³-hybridized carbons (Fsp3) is 0.208. The fourth-order valence-corrected chi connectivity index (χ4v) is 3.17. The lowest BCUT2D eigenvalue weighted by Crippen LogP contribution is -2.27. The molecule has 3 aromatic carbocycles. The number of aliphatic hydroxyl groups is 2. The molecule has 0 aliphatic carbocycles. The van der Waals surface area contributed by atoms with Crippen LogP contribution in [0.4, 0.5) is 0 Å². The zero-order valence-corrected chi connectivity index (χ0v) is 17.7. The Balaban J connectivity index is 1.81. The van der Waals surface area contributed by atoms with Crippen molar-refractivity contribution in [3.8, 4) is 11.5 Å². The number of benzene rings is 3. The van der Waals surface area contributed by atoms with Gasteiger partial charge in [-0.05, 0) is 41.5 Å². The number of esters is 1. The lowest BCUT2D eigenvalue weighted by molar-refractivity contribution is -0.0386. The Labute approximate surface area is 185 Å². The highest BCUT2D eigenvalue weighted by atomic mass is 35.5. The molecule has 0 bridgehead atoms. The average molecular weight is 443 g/mol. The van der Waals surface area contributed by atoms with Gasteiger partial charge in [0.15, 0.2) is 17.6 Å². The lowest BCUT2D eigenvalue weighted by atomic mass is 10.0. The highest BCUT2D eigenvalue weighted by Crippen LogP contribution is 2.33. The summed E-state index contributed by atoms with van der Waals surface area (Å²) in [7, 11) is 1.49.